The van der Waals surface area contributed by atoms with E-state index in [4.69, 9.17) is 9.15 Å². The number of hydrogen-bond donors (Lipinski definition) is 1. The van der Waals surface area contributed by atoms with Crippen molar-refractivity contribution in [3.63, 3.8) is 0 Å². The number of carbonyl (C=O) groups is 1. The third kappa shape index (κ3) is 2.99. The van der Waals surface area contributed by atoms with Crippen LogP contribution in [0.4, 0.5) is 0 Å². The molecule has 0 saturated heterocycles. The summed E-state index contributed by atoms with van der Waals surface area (Å²) < 4.78 is 10.4. The fourth-order valence-corrected chi connectivity index (χ4v) is 1.69. The van der Waals surface area contributed by atoms with Gasteiger partial charge in [0, 0.05) is 13.7 Å². The average Bonchev–Trinajstić information content (AvgIpc) is 2.94. The second kappa shape index (κ2) is 6.02. The van der Waals surface area contributed by atoms with E-state index in [0.717, 1.165) is 5.56 Å². The van der Waals surface area contributed by atoms with Crippen LogP contribution >= 0.6 is 0 Å². The fraction of sp³-hybridized carbons (Fsp3) is 0.214. The van der Waals surface area contributed by atoms with Crippen molar-refractivity contribution in [2.75, 3.05) is 13.7 Å². The molecule has 2 rings (SSSR count). The summed E-state index contributed by atoms with van der Waals surface area (Å²) in [5.74, 6) is 0.0656. The number of amides is 1. The van der Waals surface area contributed by atoms with E-state index in [1.54, 1.807) is 19.2 Å². The predicted octanol–water partition coefficient (Wildman–Crippen LogP) is 2.40. The first-order valence-electron chi connectivity index (χ1n) is 5.70. The molecule has 1 atom stereocenters. The number of hydrogen-bond acceptors (Lipinski definition) is 3. The van der Waals surface area contributed by atoms with Gasteiger partial charge >= 0.3 is 0 Å². The zero-order valence-electron chi connectivity index (χ0n) is 10.1. The standard InChI is InChI=1S/C14H15NO3/c1-17-13(11-6-3-2-4-7-11)10-15-14(16)12-8-5-9-18-12/h2-9,13H,10H2,1H3,(H,15,16). The summed E-state index contributed by atoms with van der Waals surface area (Å²) in [6.07, 6.45) is 1.31. The lowest BCUT2D eigenvalue weighted by Crippen LogP contribution is -2.28. The minimum atomic E-state index is -0.238. The summed E-state index contributed by atoms with van der Waals surface area (Å²) in [6.45, 7) is 0.403. The maximum absolute atomic E-state index is 11.7. The van der Waals surface area contributed by atoms with Gasteiger partial charge in [0.2, 0.25) is 0 Å². The Morgan fingerprint density at radius 3 is 2.67 bits per heavy atom. The van der Waals surface area contributed by atoms with E-state index >= 15 is 0 Å². The molecule has 0 bridgehead atoms. The van der Waals surface area contributed by atoms with Gasteiger partial charge in [-0.25, -0.2) is 0 Å². The largest absolute Gasteiger partial charge is 0.459 e. The Hall–Kier alpha value is -2.07. The Bertz CT molecular complexity index is 479. The van der Waals surface area contributed by atoms with E-state index in [1.165, 1.54) is 6.26 Å². The number of nitrogens with one attached hydrogen (secondary N) is 1. The van der Waals surface area contributed by atoms with Gasteiger partial charge in [-0.3, -0.25) is 4.79 Å². The van der Waals surface area contributed by atoms with Crippen LogP contribution in [0.15, 0.2) is 53.1 Å². The first-order valence-corrected chi connectivity index (χ1v) is 5.70. The lowest BCUT2D eigenvalue weighted by atomic mass is 10.1. The van der Waals surface area contributed by atoms with Crippen LogP contribution in [-0.4, -0.2) is 19.6 Å². The molecule has 0 aliphatic carbocycles. The molecule has 0 fully saturated rings. The highest BCUT2D eigenvalue weighted by molar-refractivity contribution is 5.91. The molecule has 94 valence electrons. The van der Waals surface area contributed by atoms with Crippen molar-refractivity contribution >= 4 is 5.91 Å². The molecule has 0 aliphatic rings. The summed E-state index contributed by atoms with van der Waals surface area (Å²) in [5.41, 5.74) is 1.03. The van der Waals surface area contributed by atoms with E-state index in [1.807, 2.05) is 30.3 Å². The van der Waals surface area contributed by atoms with Crippen molar-refractivity contribution in [1.82, 2.24) is 5.32 Å². The van der Waals surface area contributed by atoms with Crippen LogP contribution in [0.2, 0.25) is 0 Å². The monoisotopic (exact) mass is 245 g/mol. The highest BCUT2D eigenvalue weighted by atomic mass is 16.5. The lowest BCUT2D eigenvalue weighted by molar-refractivity contribution is 0.0807. The number of methoxy groups -OCH3 is 1. The average molecular weight is 245 g/mol. The Balaban J connectivity index is 1.94. The van der Waals surface area contributed by atoms with E-state index in [9.17, 15) is 4.79 Å². The third-order valence-corrected chi connectivity index (χ3v) is 2.65. The van der Waals surface area contributed by atoms with Crippen molar-refractivity contribution in [1.29, 1.82) is 0 Å². The summed E-state index contributed by atoms with van der Waals surface area (Å²) in [5, 5.41) is 2.78. The summed E-state index contributed by atoms with van der Waals surface area (Å²) >= 11 is 0. The SMILES string of the molecule is COC(CNC(=O)c1ccco1)c1ccccc1. The van der Waals surface area contributed by atoms with Crippen LogP contribution in [0.25, 0.3) is 0 Å². The van der Waals surface area contributed by atoms with E-state index in [-0.39, 0.29) is 12.0 Å². The molecule has 1 aromatic heterocycles. The first-order chi connectivity index (χ1) is 8.81. The van der Waals surface area contributed by atoms with Gasteiger partial charge < -0.3 is 14.5 Å². The van der Waals surface area contributed by atoms with E-state index in [2.05, 4.69) is 5.32 Å². The van der Waals surface area contributed by atoms with Crippen LogP contribution in [0.3, 0.4) is 0 Å². The molecule has 0 radical (unpaired) electrons. The van der Waals surface area contributed by atoms with Gasteiger partial charge in [-0.15, -0.1) is 0 Å². The smallest absolute Gasteiger partial charge is 0.287 e. The molecule has 1 aromatic carbocycles. The molecule has 0 aliphatic heterocycles. The molecule has 4 heteroatoms. The number of ether oxygens (including phenoxy) is 1. The van der Waals surface area contributed by atoms with Crippen LogP contribution < -0.4 is 5.32 Å². The van der Waals surface area contributed by atoms with E-state index in [0.29, 0.717) is 12.3 Å². The summed E-state index contributed by atoms with van der Waals surface area (Å²) in [6, 6.07) is 13.1. The molecule has 1 N–H and O–H groups in total. The molecular weight excluding hydrogens is 230 g/mol. The topological polar surface area (TPSA) is 51.5 Å². The zero-order valence-corrected chi connectivity index (χ0v) is 10.1. The molecule has 1 amide bonds. The van der Waals surface area contributed by atoms with Gasteiger partial charge in [-0.1, -0.05) is 30.3 Å². The number of furan rings is 1. The number of rotatable bonds is 5. The van der Waals surface area contributed by atoms with Gasteiger partial charge in [0.15, 0.2) is 5.76 Å². The highest BCUT2D eigenvalue weighted by Gasteiger charge is 2.13. The predicted molar refractivity (Wildman–Crippen MR) is 67.2 cm³/mol. The van der Waals surface area contributed by atoms with E-state index < -0.39 is 0 Å². The quantitative estimate of drug-likeness (QED) is 0.880. The molecule has 4 nitrogen and oxygen atoms in total. The molecule has 18 heavy (non-hydrogen) atoms. The minimum Gasteiger partial charge on any atom is -0.459 e. The Labute approximate surface area is 106 Å². The van der Waals surface area contributed by atoms with Gasteiger partial charge in [-0.2, -0.15) is 0 Å². The van der Waals surface area contributed by atoms with Gasteiger partial charge in [0.1, 0.15) is 0 Å². The number of benzene rings is 1. The Kier molecular flexibility index (Phi) is 4.15. The van der Waals surface area contributed by atoms with Crippen LogP contribution in [-0.2, 0) is 4.74 Å². The maximum atomic E-state index is 11.7. The number of carbonyl (C=O) groups excluding carboxylic acids is 1. The molecule has 0 saturated carbocycles. The molecule has 1 unspecified atom stereocenters. The molecule has 2 aromatic rings. The van der Waals surface area contributed by atoms with Crippen molar-refractivity contribution in [2.45, 2.75) is 6.10 Å². The zero-order chi connectivity index (χ0) is 12.8. The van der Waals surface area contributed by atoms with Crippen molar-refractivity contribution < 1.29 is 13.9 Å². The minimum absolute atomic E-state index is 0.162. The summed E-state index contributed by atoms with van der Waals surface area (Å²) in [4.78, 5) is 11.7. The second-order valence-electron chi connectivity index (χ2n) is 3.82. The van der Waals surface area contributed by atoms with Crippen molar-refractivity contribution in [3.05, 3.63) is 60.1 Å². The highest BCUT2D eigenvalue weighted by Crippen LogP contribution is 2.15. The molecule has 0 spiro atoms. The second-order valence-corrected chi connectivity index (χ2v) is 3.82. The van der Waals surface area contributed by atoms with Crippen molar-refractivity contribution in [3.8, 4) is 0 Å². The third-order valence-electron chi connectivity index (χ3n) is 2.65. The molecule has 1 heterocycles. The van der Waals surface area contributed by atoms with Crippen molar-refractivity contribution in [2.24, 2.45) is 0 Å². The normalized spacial score (nSPS) is 12.1. The van der Waals surface area contributed by atoms with Crippen LogP contribution in [0.5, 0.6) is 0 Å². The maximum Gasteiger partial charge on any atom is 0.287 e. The Morgan fingerprint density at radius 2 is 2.06 bits per heavy atom. The summed E-state index contributed by atoms with van der Waals surface area (Å²) in [7, 11) is 1.62. The fourth-order valence-electron chi connectivity index (χ4n) is 1.69. The lowest BCUT2D eigenvalue weighted by Gasteiger charge is -2.15. The Morgan fingerprint density at radius 1 is 1.28 bits per heavy atom. The first kappa shape index (κ1) is 12.4. The van der Waals surface area contributed by atoms with Gasteiger partial charge in [-0.05, 0) is 17.7 Å². The van der Waals surface area contributed by atoms with Gasteiger partial charge in [0.25, 0.3) is 5.91 Å². The van der Waals surface area contributed by atoms with Gasteiger partial charge in [0.05, 0.1) is 12.4 Å². The van der Waals surface area contributed by atoms with Crippen LogP contribution in [0, 0.1) is 0 Å². The molecular formula is C14H15NO3. The van der Waals surface area contributed by atoms with Crippen LogP contribution in [0.1, 0.15) is 22.2 Å².